The third-order valence-electron chi connectivity index (χ3n) is 5.93. The molecule has 1 amide bonds. The van der Waals surface area contributed by atoms with Crippen molar-refractivity contribution < 1.29 is 9.18 Å². The Morgan fingerprint density at radius 1 is 1.29 bits per heavy atom. The number of fused-ring (bicyclic) bond motifs is 1. The number of hydrogen-bond acceptors (Lipinski definition) is 6. The van der Waals surface area contributed by atoms with Crippen molar-refractivity contribution in [1.29, 1.82) is 0 Å². The van der Waals surface area contributed by atoms with Crippen molar-refractivity contribution in [2.24, 2.45) is 5.92 Å². The van der Waals surface area contributed by atoms with Crippen LogP contribution < -0.4 is 5.32 Å². The Hall–Kier alpha value is -2.39. The minimum Gasteiger partial charge on any atom is -0.352 e. The number of hydrogen-bond donors (Lipinski definition) is 1. The number of piperidine rings is 1. The van der Waals surface area contributed by atoms with Gasteiger partial charge in [-0.25, -0.2) is 19.3 Å². The van der Waals surface area contributed by atoms with Gasteiger partial charge < -0.3 is 10.2 Å². The van der Waals surface area contributed by atoms with Gasteiger partial charge in [0, 0.05) is 25.0 Å². The summed E-state index contributed by atoms with van der Waals surface area (Å²) in [5, 5.41) is 4.05. The first kappa shape index (κ1) is 20.5. The van der Waals surface area contributed by atoms with Crippen molar-refractivity contribution in [2.45, 2.75) is 38.8 Å². The number of thiazole rings is 1. The van der Waals surface area contributed by atoms with Gasteiger partial charge >= 0.3 is 0 Å². The fraction of sp³-hybridized carbons (Fsp3) is 0.364. The molecule has 1 saturated heterocycles. The number of aromatic nitrogens is 3. The monoisotopic (exact) mass is 501 g/mol. The van der Waals surface area contributed by atoms with Gasteiger partial charge in [0.15, 0.2) is 0 Å². The fourth-order valence-corrected chi connectivity index (χ4v) is 5.41. The molecule has 0 radical (unpaired) electrons. The van der Waals surface area contributed by atoms with Crippen molar-refractivity contribution >= 4 is 39.1 Å². The minimum atomic E-state index is -0.276. The van der Waals surface area contributed by atoms with Gasteiger partial charge in [0.2, 0.25) is 5.95 Å². The second kappa shape index (κ2) is 7.94. The van der Waals surface area contributed by atoms with Crippen LogP contribution in [0.2, 0.25) is 0 Å². The van der Waals surface area contributed by atoms with E-state index in [1.165, 1.54) is 17.4 Å². The molecule has 1 aliphatic heterocycles. The predicted molar refractivity (Wildman–Crippen MR) is 122 cm³/mol. The number of nitrogens with zero attached hydrogens (tertiary/aromatic N) is 4. The Balaban J connectivity index is 1.40. The van der Waals surface area contributed by atoms with Crippen LogP contribution in [0.1, 0.15) is 33.9 Å². The zero-order chi connectivity index (χ0) is 21.7. The molecular formula is C22H21BrFN5OS. The van der Waals surface area contributed by atoms with Gasteiger partial charge in [-0.15, -0.1) is 11.3 Å². The van der Waals surface area contributed by atoms with Gasteiger partial charge in [0.25, 0.3) is 5.91 Å². The Morgan fingerprint density at radius 3 is 2.81 bits per heavy atom. The van der Waals surface area contributed by atoms with Gasteiger partial charge in [0.05, 0.1) is 20.4 Å². The first-order valence-electron chi connectivity index (χ1n) is 10.2. The van der Waals surface area contributed by atoms with E-state index in [0.29, 0.717) is 35.2 Å². The number of halogens is 2. The highest BCUT2D eigenvalue weighted by Crippen LogP contribution is 2.49. The van der Waals surface area contributed by atoms with E-state index >= 15 is 0 Å². The lowest BCUT2D eigenvalue weighted by molar-refractivity contribution is 0.0704. The lowest BCUT2D eigenvalue weighted by Gasteiger charge is -2.27. The molecule has 0 bridgehead atoms. The minimum absolute atomic E-state index is 0.0492. The van der Waals surface area contributed by atoms with Crippen LogP contribution in [0.5, 0.6) is 0 Å². The van der Waals surface area contributed by atoms with E-state index in [9.17, 15) is 9.18 Å². The number of carbonyl (C=O) groups excluding carboxylic acids is 1. The van der Waals surface area contributed by atoms with Crippen LogP contribution in [-0.2, 0) is 0 Å². The number of benzene rings is 1. The van der Waals surface area contributed by atoms with Crippen molar-refractivity contribution in [3.63, 3.8) is 0 Å². The molecule has 2 aromatic heterocycles. The van der Waals surface area contributed by atoms with Crippen LogP contribution in [0.25, 0.3) is 10.4 Å². The second-order valence-electron chi connectivity index (χ2n) is 8.15. The van der Waals surface area contributed by atoms with E-state index in [4.69, 9.17) is 0 Å². The number of carbonyl (C=O) groups is 1. The maximum Gasteiger partial charge on any atom is 0.274 e. The van der Waals surface area contributed by atoms with Crippen LogP contribution in [0.15, 0.2) is 35.1 Å². The zero-order valence-corrected chi connectivity index (χ0v) is 19.5. The first-order chi connectivity index (χ1) is 14.9. The standard InChI is InChI=1S/C22H21BrFN5OS/c1-11-3-4-13(6-17(11)24)20-19(28-12(2)31-20)21(30)29-16(5-14-7-18(14)29)10-27-22-25-8-15(23)9-26-22/h3-4,6,8-9,14,16,18H,5,7,10H2,1-2H3,(H,25,26,27)/t14-,16+,18+/m1/s1. The van der Waals surface area contributed by atoms with E-state index in [2.05, 4.69) is 36.2 Å². The van der Waals surface area contributed by atoms with Crippen molar-refractivity contribution in [3.05, 3.63) is 57.1 Å². The van der Waals surface area contributed by atoms with E-state index in [1.807, 2.05) is 17.9 Å². The van der Waals surface area contributed by atoms with E-state index in [0.717, 1.165) is 27.2 Å². The molecule has 3 atom stereocenters. The van der Waals surface area contributed by atoms with Gasteiger partial charge in [0.1, 0.15) is 11.5 Å². The van der Waals surface area contributed by atoms with Crippen molar-refractivity contribution in [2.75, 3.05) is 11.9 Å². The highest BCUT2D eigenvalue weighted by Gasteiger charge is 2.54. The fourth-order valence-electron chi connectivity index (χ4n) is 4.29. The molecule has 2 aliphatic rings. The smallest absolute Gasteiger partial charge is 0.274 e. The first-order valence-corrected chi connectivity index (χ1v) is 11.8. The molecule has 6 nitrogen and oxygen atoms in total. The quantitative estimate of drug-likeness (QED) is 0.541. The molecule has 1 N–H and O–H groups in total. The molecule has 0 spiro atoms. The highest BCUT2D eigenvalue weighted by molar-refractivity contribution is 9.10. The van der Waals surface area contributed by atoms with Crippen molar-refractivity contribution in [3.8, 4) is 10.4 Å². The summed E-state index contributed by atoms with van der Waals surface area (Å²) in [4.78, 5) is 29.4. The van der Waals surface area contributed by atoms with Gasteiger partial charge in [-0.2, -0.15) is 0 Å². The topological polar surface area (TPSA) is 71.0 Å². The third kappa shape index (κ3) is 3.96. The molecule has 160 valence electrons. The molecule has 5 rings (SSSR count). The molecule has 2 fully saturated rings. The van der Waals surface area contributed by atoms with Crippen LogP contribution in [-0.4, -0.2) is 44.4 Å². The van der Waals surface area contributed by atoms with Gasteiger partial charge in [-0.1, -0.05) is 12.1 Å². The number of anilines is 1. The zero-order valence-electron chi connectivity index (χ0n) is 17.1. The number of likely N-dealkylation sites (tertiary alicyclic amines) is 1. The average molecular weight is 502 g/mol. The molecule has 3 aromatic rings. The summed E-state index contributed by atoms with van der Waals surface area (Å²) in [5.41, 5.74) is 1.70. The molecule has 1 saturated carbocycles. The Labute approximate surface area is 192 Å². The molecule has 0 unspecified atom stereocenters. The van der Waals surface area contributed by atoms with Crippen LogP contribution in [0.4, 0.5) is 10.3 Å². The number of rotatable bonds is 5. The highest BCUT2D eigenvalue weighted by atomic mass is 79.9. The SMILES string of the molecule is Cc1nc(C(=O)N2[C@H](CNc3ncc(Br)cn3)C[C@@H]3C[C@@H]32)c(-c2ccc(C)c(F)c2)s1. The van der Waals surface area contributed by atoms with Crippen LogP contribution in [0, 0.1) is 25.6 Å². The van der Waals surface area contributed by atoms with Gasteiger partial charge in [-0.3, -0.25) is 4.79 Å². The van der Waals surface area contributed by atoms with E-state index in [-0.39, 0.29) is 23.8 Å². The molecule has 9 heteroatoms. The molecule has 31 heavy (non-hydrogen) atoms. The summed E-state index contributed by atoms with van der Waals surface area (Å²) < 4.78 is 15.0. The molecule has 3 heterocycles. The molecule has 1 aliphatic carbocycles. The number of aryl methyl sites for hydroxylation is 2. The lowest BCUT2D eigenvalue weighted by atomic mass is 10.1. The predicted octanol–water partition coefficient (Wildman–Crippen LogP) is 4.83. The van der Waals surface area contributed by atoms with Crippen molar-refractivity contribution in [1.82, 2.24) is 19.9 Å². The third-order valence-corrected chi connectivity index (χ3v) is 7.36. The average Bonchev–Trinajstić information content (AvgIpc) is 3.24. The summed E-state index contributed by atoms with van der Waals surface area (Å²) >= 11 is 4.76. The Kier molecular flexibility index (Phi) is 5.26. The summed E-state index contributed by atoms with van der Waals surface area (Å²) in [6, 6.07) is 5.40. The van der Waals surface area contributed by atoms with E-state index in [1.54, 1.807) is 25.4 Å². The summed E-state index contributed by atoms with van der Waals surface area (Å²) in [6.45, 7) is 4.19. The van der Waals surface area contributed by atoms with E-state index < -0.39 is 0 Å². The van der Waals surface area contributed by atoms with Crippen LogP contribution >= 0.6 is 27.3 Å². The Morgan fingerprint density at radius 2 is 2.06 bits per heavy atom. The Bertz CT molecular complexity index is 1150. The summed E-state index contributed by atoms with van der Waals surface area (Å²) in [5.74, 6) is 0.730. The number of amides is 1. The van der Waals surface area contributed by atoms with Gasteiger partial charge in [-0.05, 0) is 65.7 Å². The molecule has 1 aromatic carbocycles. The molecular weight excluding hydrogens is 481 g/mol. The summed E-state index contributed by atoms with van der Waals surface area (Å²) in [6.07, 6.45) is 5.37. The normalized spacial score (nSPS) is 21.8. The largest absolute Gasteiger partial charge is 0.352 e. The maximum atomic E-state index is 14.2. The number of nitrogens with one attached hydrogen (secondary N) is 1. The lowest BCUT2D eigenvalue weighted by Crippen LogP contribution is -2.42. The maximum absolute atomic E-state index is 14.2. The second-order valence-corrected chi connectivity index (χ2v) is 10.3. The van der Waals surface area contributed by atoms with Crippen LogP contribution in [0.3, 0.4) is 0 Å². The summed E-state index contributed by atoms with van der Waals surface area (Å²) in [7, 11) is 0.